The monoisotopic (exact) mass is 157 g/mol. The van der Waals surface area contributed by atoms with E-state index in [4.69, 9.17) is 0 Å². The summed E-state index contributed by atoms with van der Waals surface area (Å²) < 4.78 is 4.55. The lowest BCUT2D eigenvalue weighted by Gasteiger charge is -1.94. The van der Waals surface area contributed by atoms with Gasteiger partial charge in [-0.25, -0.2) is 9.89 Å². The maximum Gasteiger partial charge on any atom is 0.340 e. The quantitative estimate of drug-likeness (QED) is 0.548. The molecule has 0 spiro atoms. The van der Waals surface area contributed by atoms with E-state index in [1.54, 1.807) is 0 Å². The maximum absolute atomic E-state index is 10.4. The van der Waals surface area contributed by atoms with Gasteiger partial charge in [0, 0.05) is 6.92 Å². The molecule has 11 heavy (non-hydrogen) atoms. The number of carbonyl (C=O) groups excluding carboxylic acids is 1. The SMILES string of the molecule is CC(=O)OCc1n[nH]c(=O)[nH]1. The average Bonchev–Trinajstić information content (AvgIpc) is 2.31. The van der Waals surface area contributed by atoms with E-state index in [0.717, 1.165) is 0 Å². The molecule has 0 unspecified atom stereocenters. The smallest absolute Gasteiger partial charge is 0.340 e. The van der Waals surface area contributed by atoms with Crippen LogP contribution in [-0.4, -0.2) is 21.2 Å². The van der Waals surface area contributed by atoms with E-state index in [-0.39, 0.29) is 6.61 Å². The van der Waals surface area contributed by atoms with Crippen molar-refractivity contribution in [1.29, 1.82) is 0 Å². The molecule has 0 aromatic carbocycles. The van der Waals surface area contributed by atoms with Crippen LogP contribution in [0.2, 0.25) is 0 Å². The van der Waals surface area contributed by atoms with Crippen molar-refractivity contribution in [3.63, 3.8) is 0 Å². The van der Waals surface area contributed by atoms with Gasteiger partial charge in [0.15, 0.2) is 12.4 Å². The molecular formula is C5H7N3O3. The second-order valence-electron chi connectivity index (χ2n) is 1.90. The molecule has 0 saturated carbocycles. The average molecular weight is 157 g/mol. The first-order valence-electron chi connectivity index (χ1n) is 2.95. The minimum atomic E-state index is -0.410. The highest BCUT2D eigenvalue weighted by molar-refractivity contribution is 5.65. The van der Waals surface area contributed by atoms with Crippen molar-refractivity contribution in [1.82, 2.24) is 15.2 Å². The van der Waals surface area contributed by atoms with Crippen molar-refractivity contribution in [2.24, 2.45) is 0 Å². The van der Waals surface area contributed by atoms with Gasteiger partial charge in [-0.1, -0.05) is 0 Å². The maximum atomic E-state index is 10.4. The van der Waals surface area contributed by atoms with Crippen LogP contribution in [0.4, 0.5) is 0 Å². The molecule has 1 rings (SSSR count). The fraction of sp³-hybridized carbons (Fsp3) is 0.400. The van der Waals surface area contributed by atoms with Crippen LogP contribution in [0.5, 0.6) is 0 Å². The van der Waals surface area contributed by atoms with Crippen molar-refractivity contribution in [2.75, 3.05) is 0 Å². The zero-order chi connectivity index (χ0) is 8.27. The molecule has 0 fully saturated rings. The number of carbonyl (C=O) groups is 1. The van der Waals surface area contributed by atoms with E-state index in [0.29, 0.717) is 5.82 Å². The van der Waals surface area contributed by atoms with Crippen molar-refractivity contribution in [3.8, 4) is 0 Å². The normalized spacial score (nSPS) is 9.55. The second kappa shape index (κ2) is 3.00. The molecule has 0 atom stereocenters. The molecule has 60 valence electrons. The predicted octanol–water partition coefficient (Wildman–Crippen LogP) is -0.839. The fourth-order valence-electron chi connectivity index (χ4n) is 0.544. The lowest BCUT2D eigenvalue weighted by molar-refractivity contribution is -0.142. The molecule has 2 N–H and O–H groups in total. The first kappa shape index (κ1) is 7.52. The Morgan fingerprint density at radius 1 is 1.73 bits per heavy atom. The number of ether oxygens (including phenoxy) is 1. The van der Waals surface area contributed by atoms with Gasteiger partial charge in [-0.05, 0) is 0 Å². The third-order valence-electron chi connectivity index (χ3n) is 0.962. The first-order chi connectivity index (χ1) is 5.18. The Balaban J connectivity index is 2.51. The van der Waals surface area contributed by atoms with Crippen molar-refractivity contribution >= 4 is 5.97 Å². The van der Waals surface area contributed by atoms with E-state index in [2.05, 4.69) is 19.9 Å². The van der Waals surface area contributed by atoms with Gasteiger partial charge < -0.3 is 4.74 Å². The van der Waals surface area contributed by atoms with Crippen LogP contribution in [0.1, 0.15) is 12.7 Å². The molecule has 0 amide bonds. The van der Waals surface area contributed by atoms with Gasteiger partial charge in [0.1, 0.15) is 0 Å². The van der Waals surface area contributed by atoms with Crippen LogP contribution in [0, 0.1) is 0 Å². The van der Waals surface area contributed by atoms with Crippen LogP contribution >= 0.6 is 0 Å². The Morgan fingerprint density at radius 3 is 2.91 bits per heavy atom. The topological polar surface area (TPSA) is 87.8 Å². The van der Waals surface area contributed by atoms with Gasteiger partial charge in [-0.3, -0.25) is 9.78 Å². The molecule has 0 bridgehead atoms. The number of hydrogen-bond acceptors (Lipinski definition) is 4. The minimum absolute atomic E-state index is 0.00588. The molecule has 1 aromatic heterocycles. The van der Waals surface area contributed by atoms with E-state index in [9.17, 15) is 9.59 Å². The molecule has 0 saturated heterocycles. The lowest BCUT2D eigenvalue weighted by Crippen LogP contribution is -2.03. The fourth-order valence-corrected chi connectivity index (χ4v) is 0.544. The largest absolute Gasteiger partial charge is 0.458 e. The molecule has 0 aliphatic heterocycles. The summed E-state index contributed by atoms with van der Waals surface area (Å²) >= 11 is 0. The third-order valence-corrected chi connectivity index (χ3v) is 0.962. The lowest BCUT2D eigenvalue weighted by atomic mass is 10.6. The standard InChI is InChI=1S/C5H7N3O3/c1-3(9)11-2-4-6-5(10)8-7-4/h2H2,1H3,(H2,6,7,8,10). The second-order valence-corrected chi connectivity index (χ2v) is 1.90. The Bertz CT molecular complexity index is 300. The van der Waals surface area contributed by atoms with E-state index >= 15 is 0 Å². The molecule has 1 heterocycles. The number of nitrogens with zero attached hydrogens (tertiary/aromatic N) is 1. The summed E-state index contributed by atoms with van der Waals surface area (Å²) in [7, 11) is 0. The number of hydrogen-bond donors (Lipinski definition) is 2. The molecule has 0 radical (unpaired) electrons. The summed E-state index contributed by atoms with van der Waals surface area (Å²) in [6.45, 7) is 1.28. The highest BCUT2D eigenvalue weighted by Crippen LogP contribution is 1.86. The zero-order valence-corrected chi connectivity index (χ0v) is 5.88. The van der Waals surface area contributed by atoms with Crippen molar-refractivity contribution in [2.45, 2.75) is 13.5 Å². The number of aromatic amines is 2. The molecular weight excluding hydrogens is 150 g/mol. The summed E-state index contributed by atoms with van der Waals surface area (Å²) in [6, 6.07) is 0. The summed E-state index contributed by atoms with van der Waals surface area (Å²) in [6.07, 6.45) is 0. The van der Waals surface area contributed by atoms with Gasteiger partial charge in [-0.15, -0.1) is 0 Å². The Labute approximate surface area is 61.6 Å². The number of nitrogens with one attached hydrogen (secondary N) is 2. The van der Waals surface area contributed by atoms with Gasteiger partial charge in [-0.2, -0.15) is 5.10 Å². The van der Waals surface area contributed by atoms with Gasteiger partial charge in [0.2, 0.25) is 0 Å². The van der Waals surface area contributed by atoms with Gasteiger partial charge in [0.05, 0.1) is 0 Å². The van der Waals surface area contributed by atoms with Crippen molar-refractivity contribution in [3.05, 3.63) is 16.3 Å². The highest BCUT2D eigenvalue weighted by Gasteiger charge is 1.98. The molecule has 6 nitrogen and oxygen atoms in total. The van der Waals surface area contributed by atoms with E-state index in [1.165, 1.54) is 6.92 Å². The number of esters is 1. The van der Waals surface area contributed by atoms with Gasteiger partial charge >= 0.3 is 11.7 Å². The zero-order valence-electron chi connectivity index (χ0n) is 5.88. The third kappa shape index (κ3) is 2.24. The predicted molar refractivity (Wildman–Crippen MR) is 34.7 cm³/mol. The Hall–Kier alpha value is -1.59. The van der Waals surface area contributed by atoms with Crippen LogP contribution < -0.4 is 5.69 Å². The first-order valence-corrected chi connectivity index (χ1v) is 2.95. The van der Waals surface area contributed by atoms with E-state index < -0.39 is 11.7 Å². The summed E-state index contributed by atoms with van der Waals surface area (Å²) in [5.74, 6) is -0.0981. The Kier molecular flexibility index (Phi) is 2.05. The van der Waals surface area contributed by atoms with Crippen LogP contribution in [0.15, 0.2) is 4.79 Å². The molecule has 0 aliphatic rings. The Morgan fingerprint density at radius 2 is 2.45 bits per heavy atom. The number of aromatic nitrogens is 3. The molecule has 6 heteroatoms. The van der Waals surface area contributed by atoms with Crippen molar-refractivity contribution < 1.29 is 9.53 Å². The number of H-pyrrole nitrogens is 2. The number of rotatable bonds is 2. The van der Waals surface area contributed by atoms with Crippen LogP contribution in [-0.2, 0) is 16.1 Å². The highest BCUT2D eigenvalue weighted by atomic mass is 16.5. The molecule has 0 aliphatic carbocycles. The minimum Gasteiger partial charge on any atom is -0.458 e. The van der Waals surface area contributed by atoms with Crippen LogP contribution in [0.3, 0.4) is 0 Å². The summed E-state index contributed by atoms with van der Waals surface area (Å²) in [5, 5.41) is 5.66. The summed E-state index contributed by atoms with van der Waals surface area (Å²) in [4.78, 5) is 23.0. The van der Waals surface area contributed by atoms with Crippen LogP contribution in [0.25, 0.3) is 0 Å². The van der Waals surface area contributed by atoms with Gasteiger partial charge in [0.25, 0.3) is 0 Å². The molecule has 1 aromatic rings. The summed E-state index contributed by atoms with van der Waals surface area (Å²) in [5.41, 5.74) is -0.410. The van der Waals surface area contributed by atoms with E-state index in [1.807, 2.05) is 0 Å².